The van der Waals surface area contributed by atoms with Gasteiger partial charge in [-0.1, -0.05) is 24.3 Å². The number of rotatable bonds is 2. The number of aromatic hydroxyl groups is 1. The van der Waals surface area contributed by atoms with Crippen LogP contribution in [0.5, 0.6) is 5.75 Å². The lowest BCUT2D eigenvalue weighted by molar-refractivity contribution is 0.257. The van der Waals surface area contributed by atoms with Crippen molar-refractivity contribution in [3.63, 3.8) is 0 Å². The van der Waals surface area contributed by atoms with Crippen LogP contribution < -0.4 is 0 Å². The molecule has 104 valence electrons. The predicted molar refractivity (Wildman–Crippen MR) is 76.9 cm³/mol. The fourth-order valence-electron chi connectivity index (χ4n) is 2.83. The highest BCUT2D eigenvalue weighted by Gasteiger charge is 2.15. The summed E-state index contributed by atoms with van der Waals surface area (Å²) in [5.41, 5.74) is 3.39. The summed E-state index contributed by atoms with van der Waals surface area (Å²) in [6.07, 6.45) is 2.18. The van der Waals surface area contributed by atoms with Crippen LogP contribution in [0.3, 0.4) is 0 Å². The van der Waals surface area contributed by atoms with Crippen LogP contribution in [0.2, 0.25) is 0 Å². The fraction of sp³-hybridized carbons (Fsp3) is 0.294. The summed E-state index contributed by atoms with van der Waals surface area (Å²) in [6, 6.07) is 12.6. The van der Waals surface area contributed by atoms with Crippen molar-refractivity contribution < 1.29 is 9.50 Å². The van der Waals surface area contributed by atoms with E-state index < -0.39 is 0 Å². The third kappa shape index (κ3) is 2.83. The predicted octanol–water partition coefficient (Wildman–Crippen LogP) is 3.48. The lowest BCUT2D eigenvalue weighted by Gasteiger charge is -2.21. The number of hydrogen-bond donors (Lipinski definition) is 1. The van der Waals surface area contributed by atoms with Gasteiger partial charge in [0.2, 0.25) is 0 Å². The lowest BCUT2D eigenvalue weighted by atomic mass is 10.0. The standard InChI is InChI=1S/C17H18FNO/c18-16-7-8-17(20)15(10-16)12-19-9-3-6-13-4-1-2-5-14(13)11-19/h1-2,4-5,7-8,10,20H,3,6,9,11-12H2. The smallest absolute Gasteiger partial charge is 0.123 e. The second kappa shape index (κ2) is 5.63. The minimum Gasteiger partial charge on any atom is -0.508 e. The van der Waals surface area contributed by atoms with Gasteiger partial charge in [-0.3, -0.25) is 4.90 Å². The molecule has 2 aromatic rings. The highest BCUT2D eigenvalue weighted by atomic mass is 19.1. The van der Waals surface area contributed by atoms with Crippen LogP contribution in [0, 0.1) is 5.82 Å². The Bertz CT molecular complexity index is 612. The minimum atomic E-state index is -0.298. The van der Waals surface area contributed by atoms with Crippen molar-refractivity contribution in [2.24, 2.45) is 0 Å². The van der Waals surface area contributed by atoms with Gasteiger partial charge in [0.05, 0.1) is 0 Å². The molecule has 0 fully saturated rings. The molecule has 1 N–H and O–H groups in total. The molecular weight excluding hydrogens is 253 g/mol. The van der Waals surface area contributed by atoms with E-state index in [0.29, 0.717) is 12.1 Å². The molecule has 20 heavy (non-hydrogen) atoms. The maximum atomic E-state index is 13.3. The topological polar surface area (TPSA) is 23.5 Å². The molecule has 0 amide bonds. The van der Waals surface area contributed by atoms with Gasteiger partial charge in [0, 0.05) is 18.7 Å². The van der Waals surface area contributed by atoms with Gasteiger partial charge in [0.1, 0.15) is 11.6 Å². The Hall–Kier alpha value is -1.87. The zero-order chi connectivity index (χ0) is 13.9. The van der Waals surface area contributed by atoms with Gasteiger partial charge in [-0.25, -0.2) is 4.39 Å². The number of benzene rings is 2. The maximum Gasteiger partial charge on any atom is 0.123 e. The number of nitrogens with zero attached hydrogens (tertiary/aromatic N) is 1. The van der Waals surface area contributed by atoms with E-state index in [-0.39, 0.29) is 11.6 Å². The third-order valence-corrected chi connectivity index (χ3v) is 3.87. The molecule has 2 aromatic carbocycles. The van der Waals surface area contributed by atoms with Crippen molar-refractivity contribution in [1.82, 2.24) is 4.90 Å². The zero-order valence-electron chi connectivity index (χ0n) is 11.3. The molecule has 1 aliphatic heterocycles. The first-order valence-corrected chi connectivity index (χ1v) is 6.99. The summed E-state index contributed by atoms with van der Waals surface area (Å²) in [6.45, 7) is 2.40. The van der Waals surface area contributed by atoms with Gasteiger partial charge >= 0.3 is 0 Å². The van der Waals surface area contributed by atoms with Crippen LogP contribution in [0.1, 0.15) is 23.1 Å². The monoisotopic (exact) mass is 271 g/mol. The summed E-state index contributed by atoms with van der Waals surface area (Å²) >= 11 is 0. The van der Waals surface area contributed by atoms with Gasteiger partial charge in [-0.15, -0.1) is 0 Å². The molecule has 1 heterocycles. The van der Waals surface area contributed by atoms with Crippen molar-refractivity contribution in [2.75, 3.05) is 6.54 Å². The van der Waals surface area contributed by atoms with Crippen molar-refractivity contribution in [3.8, 4) is 5.75 Å². The Morgan fingerprint density at radius 1 is 1.10 bits per heavy atom. The van der Waals surface area contributed by atoms with E-state index in [4.69, 9.17) is 0 Å². The van der Waals surface area contributed by atoms with Gasteiger partial charge in [-0.05, 0) is 48.7 Å². The molecule has 1 aliphatic rings. The molecule has 0 atom stereocenters. The third-order valence-electron chi connectivity index (χ3n) is 3.87. The molecule has 2 nitrogen and oxygen atoms in total. The summed E-state index contributed by atoms with van der Waals surface area (Å²) < 4.78 is 13.3. The average Bonchev–Trinajstić information content (AvgIpc) is 2.64. The van der Waals surface area contributed by atoms with Crippen molar-refractivity contribution in [2.45, 2.75) is 25.9 Å². The Morgan fingerprint density at radius 2 is 1.90 bits per heavy atom. The molecule has 0 unspecified atom stereocenters. The first-order chi connectivity index (χ1) is 9.72. The van der Waals surface area contributed by atoms with E-state index in [0.717, 1.165) is 25.9 Å². The Labute approximate surface area is 118 Å². The number of phenols is 1. The van der Waals surface area contributed by atoms with E-state index in [2.05, 4.69) is 29.2 Å². The van der Waals surface area contributed by atoms with Gasteiger partial charge < -0.3 is 5.11 Å². The van der Waals surface area contributed by atoms with Crippen LogP contribution in [0.4, 0.5) is 4.39 Å². The van der Waals surface area contributed by atoms with Gasteiger partial charge in [-0.2, -0.15) is 0 Å². The first-order valence-electron chi connectivity index (χ1n) is 6.99. The molecule has 3 heteroatoms. The number of phenolic OH excluding ortho intramolecular Hbond substituents is 1. The number of aryl methyl sites for hydroxylation is 1. The van der Waals surface area contributed by atoms with Crippen LogP contribution in [0.15, 0.2) is 42.5 Å². The zero-order valence-corrected chi connectivity index (χ0v) is 11.3. The van der Waals surface area contributed by atoms with Crippen LogP contribution in [0.25, 0.3) is 0 Å². The maximum absolute atomic E-state index is 13.3. The second-order valence-electron chi connectivity index (χ2n) is 5.36. The Morgan fingerprint density at radius 3 is 2.75 bits per heavy atom. The highest BCUT2D eigenvalue weighted by molar-refractivity contribution is 5.33. The first kappa shape index (κ1) is 13.1. The molecule has 0 saturated heterocycles. The summed E-state index contributed by atoms with van der Waals surface area (Å²) in [4.78, 5) is 2.26. The summed E-state index contributed by atoms with van der Waals surface area (Å²) in [5.74, 6) is -0.128. The number of halogens is 1. The lowest BCUT2D eigenvalue weighted by Crippen LogP contribution is -2.22. The van der Waals surface area contributed by atoms with Crippen molar-refractivity contribution in [1.29, 1.82) is 0 Å². The SMILES string of the molecule is Oc1ccc(F)cc1CN1CCCc2ccccc2C1. The normalized spacial score (nSPS) is 15.7. The van der Waals surface area contributed by atoms with Crippen LogP contribution in [-0.4, -0.2) is 16.6 Å². The van der Waals surface area contributed by atoms with Gasteiger partial charge in [0.15, 0.2) is 0 Å². The fourth-order valence-corrected chi connectivity index (χ4v) is 2.83. The summed E-state index contributed by atoms with van der Waals surface area (Å²) in [7, 11) is 0. The molecule has 0 bridgehead atoms. The van der Waals surface area contributed by atoms with E-state index in [1.165, 1.54) is 29.3 Å². The molecule has 0 aromatic heterocycles. The average molecular weight is 271 g/mol. The summed E-state index contributed by atoms with van der Waals surface area (Å²) in [5, 5.41) is 9.84. The molecular formula is C17H18FNO. The molecule has 3 rings (SSSR count). The molecule has 0 radical (unpaired) electrons. The van der Waals surface area contributed by atoms with Crippen LogP contribution in [-0.2, 0) is 19.5 Å². The Kier molecular flexibility index (Phi) is 3.70. The van der Waals surface area contributed by atoms with Crippen molar-refractivity contribution >= 4 is 0 Å². The molecule has 0 aliphatic carbocycles. The van der Waals surface area contributed by atoms with E-state index >= 15 is 0 Å². The van der Waals surface area contributed by atoms with E-state index in [9.17, 15) is 9.50 Å². The number of hydrogen-bond acceptors (Lipinski definition) is 2. The Balaban J connectivity index is 1.80. The van der Waals surface area contributed by atoms with E-state index in [1.807, 2.05) is 0 Å². The minimum absolute atomic E-state index is 0.170. The number of fused-ring (bicyclic) bond motifs is 1. The highest BCUT2D eigenvalue weighted by Crippen LogP contribution is 2.24. The van der Waals surface area contributed by atoms with Crippen molar-refractivity contribution in [3.05, 3.63) is 65.0 Å². The van der Waals surface area contributed by atoms with Gasteiger partial charge in [0.25, 0.3) is 0 Å². The second-order valence-corrected chi connectivity index (χ2v) is 5.36. The molecule has 0 spiro atoms. The van der Waals surface area contributed by atoms with Crippen LogP contribution >= 0.6 is 0 Å². The van der Waals surface area contributed by atoms with E-state index in [1.54, 1.807) is 0 Å². The largest absolute Gasteiger partial charge is 0.508 e. The quantitative estimate of drug-likeness (QED) is 0.904. The molecule has 0 saturated carbocycles.